The number of aryl methyl sites for hydroxylation is 1. The summed E-state index contributed by atoms with van der Waals surface area (Å²) in [5.74, 6) is -1.35. The van der Waals surface area contributed by atoms with Crippen molar-refractivity contribution >= 4 is 11.1 Å². The van der Waals surface area contributed by atoms with Gasteiger partial charge < -0.3 is 4.55 Å². The fourth-order valence-corrected chi connectivity index (χ4v) is 1.37. The summed E-state index contributed by atoms with van der Waals surface area (Å²) in [4.78, 5) is 0. The third-order valence-corrected chi connectivity index (χ3v) is 2.04. The molecule has 1 unspecified atom stereocenters. The first-order chi connectivity index (χ1) is 6.08. The van der Waals surface area contributed by atoms with Gasteiger partial charge in [0.1, 0.15) is 11.6 Å². The van der Waals surface area contributed by atoms with Crippen LogP contribution in [0.5, 0.6) is 0 Å². The molecule has 0 aliphatic carbocycles. The van der Waals surface area contributed by atoms with Crippen molar-refractivity contribution in [1.82, 2.24) is 0 Å². The van der Waals surface area contributed by atoms with Gasteiger partial charge in [-0.15, -0.1) is 0 Å². The number of hydrogen-bond acceptors (Lipinski definition) is 1. The lowest BCUT2D eigenvalue weighted by Crippen LogP contribution is -1.99. The zero-order valence-electron chi connectivity index (χ0n) is 6.67. The lowest BCUT2D eigenvalue weighted by Gasteiger charge is -1.99. The van der Waals surface area contributed by atoms with Crippen LogP contribution in [0.4, 0.5) is 8.78 Å². The number of rotatable bonds is 3. The van der Waals surface area contributed by atoms with E-state index in [9.17, 15) is 13.0 Å². The van der Waals surface area contributed by atoms with Crippen LogP contribution in [0, 0.1) is 11.6 Å². The summed E-state index contributed by atoms with van der Waals surface area (Å²) in [6.07, 6.45) is 0.192. The van der Waals surface area contributed by atoms with Crippen molar-refractivity contribution in [2.75, 3.05) is 5.75 Å². The molecule has 1 aromatic rings. The Balaban J connectivity index is 2.71. The van der Waals surface area contributed by atoms with Crippen molar-refractivity contribution in [1.29, 1.82) is 0 Å². The summed E-state index contributed by atoms with van der Waals surface area (Å²) in [7, 11) is 0. The Morgan fingerprint density at radius 2 is 1.77 bits per heavy atom. The molecule has 2 nitrogen and oxygen atoms in total. The molecule has 72 valence electrons. The third kappa shape index (κ3) is 3.61. The van der Waals surface area contributed by atoms with E-state index in [4.69, 9.17) is 4.55 Å². The first kappa shape index (κ1) is 10.3. The van der Waals surface area contributed by atoms with Gasteiger partial charge in [-0.25, -0.2) is 13.0 Å². The zero-order chi connectivity index (χ0) is 9.84. The van der Waals surface area contributed by atoms with Crippen molar-refractivity contribution in [2.24, 2.45) is 0 Å². The fraction of sp³-hybridized carbons (Fsp3) is 0.250. The Bertz CT molecular complexity index is 308. The van der Waals surface area contributed by atoms with E-state index in [1.165, 1.54) is 0 Å². The van der Waals surface area contributed by atoms with E-state index in [1.54, 1.807) is 0 Å². The summed E-state index contributed by atoms with van der Waals surface area (Å²) >= 11 is -1.92. The predicted molar refractivity (Wildman–Crippen MR) is 45.7 cm³/mol. The maximum Gasteiger partial charge on any atom is 0.153 e. The van der Waals surface area contributed by atoms with Crippen LogP contribution in [0.1, 0.15) is 5.56 Å². The average Bonchev–Trinajstić information content (AvgIpc) is 1.99. The molecular weight excluding hydrogens is 198 g/mol. The monoisotopic (exact) mass is 206 g/mol. The highest BCUT2D eigenvalue weighted by molar-refractivity contribution is 7.79. The molecule has 1 N–H and O–H groups in total. The van der Waals surface area contributed by atoms with Crippen LogP contribution in [0.2, 0.25) is 0 Å². The number of benzene rings is 1. The van der Waals surface area contributed by atoms with E-state index >= 15 is 0 Å². The van der Waals surface area contributed by atoms with Gasteiger partial charge in [0, 0.05) is 6.07 Å². The predicted octanol–water partition coefficient (Wildman–Crippen LogP) is 1.73. The number of hydrogen-bond donors (Lipinski definition) is 1. The molecule has 0 saturated heterocycles. The topological polar surface area (TPSA) is 37.3 Å². The quantitative estimate of drug-likeness (QED) is 0.765. The van der Waals surface area contributed by atoms with Gasteiger partial charge in [-0.05, 0) is 24.1 Å². The molecule has 0 bridgehead atoms. The van der Waals surface area contributed by atoms with Crippen molar-refractivity contribution in [3.05, 3.63) is 35.4 Å². The maximum atomic E-state index is 12.6. The van der Waals surface area contributed by atoms with Gasteiger partial charge in [-0.1, -0.05) is 0 Å². The number of halogens is 2. The maximum absolute atomic E-state index is 12.6. The minimum atomic E-state index is -1.92. The fourth-order valence-electron chi connectivity index (χ4n) is 0.960. The second kappa shape index (κ2) is 4.43. The molecular formula is C8H8F2O2S. The van der Waals surface area contributed by atoms with Gasteiger partial charge in [0.05, 0.1) is 5.75 Å². The molecule has 0 aromatic heterocycles. The molecule has 0 aliphatic heterocycles. The standard InChI is InChI=1S/C8H8F2O2S/c9-7-3-6(1-2-13(11)12)4-8(10)5-7/h3-5H,1-2H2,(H,11,12). The molecule has 5 heteroatoms. The van der Waals surface area contributed by atoms with Crippen LogP contribution >= 0.6 is 0 Å². The van der Waals surface area contributed by atoms with Gasteiger partial charge >= 0.3 is 0 Å². The van der Waals surface area contributed by atoms with E-state index in [2.05, 4.69) is 0 Å². The van der Waals surface area contributed by atoms with Gasteiger partial charge in [-0.3, -0.25) is 0 Å². The van der Waals surface area contributed by atoms with Crippen molar-refractivity contribution in [3.8, 4) is 0 Å². The summed E-state index contributed by atoms with van der Waals surface area (Å²) in [6, 6.07) is 3.06. The summed E-state index contributed by atoms with van der Waals surface area (Å²) < 4.78 is 43.9. The van der Waals surface area contributed by atoms with E-state index in [0.717, 1.165) is 18.2 Å². The van der Waals surface area contributed by atoms with Crippen LogP contribution in [-0.2, 0) is 17.5 Å². The lowest BCUT2D eigenvalue weighted by molar-refractivity contribution is 0.561. The summed E-state index contributed by atoms with van der Waals surface area (Å²) in [6.45, 7) is 0. The second-order valence-corrected chi connectivity index (χ2v) is 3.60. The van der Waals surface area contributed by atoms with E-state index in [-0.39, 0.29) is 12.2 Å². The van der Waals surface area contributed by atoms with Crippen LogP contribution in [-0.4, -0.2) is 14.5 Å². The molecule has 1 rings (SSSR count). The minimum absolute atomic E-state index is 0.0110. The molecule has 13 heavy (non-hydrogen) atoms. The first-order valence-corrected chi connectivity index (χ1v) is 4.88. The molecule has 0 heterocycles. The Morgan fingerprint density at radius 3 is 2.23 bits per heavy atom. The Kier molecular flexibility index (Phi) is 3.50. The Hall–Kier alpha value is -0.810. The van der Waals surface area contributed by atoms with Crippen LogP contribution in [0.25, 0.3) is 0 Å². The first-order valence-electron chi connectivity index (χ1n) is 3.60. The molecule has 0 fully saturated rings. The van der Waals surface area contributed by atoms with Crippen molar-refractivity contribution < 1.29 is 17.5 Å². The van der Waals surface area contributed by atoms with E-state index < -0.39 is 22.7 Å². The van der Waals surface area contributed by atoms with Crippen LogP contribution < -0.4 is 0 Å². The summed E-state index contributed by atoms with van der Waals surface area (Å²) in [5, 5.41) is 0. The van der Waals surface area contributed by atoms with Gasteiger partial charge in [0.25, 0.3) is 0 Å². The molecule has 0 saturated carbocycles. The van der Waals surface area contributed by atoms with E-state index in [0.29, 0.717) is 5.56 Å². The van der Waals surface area contributed by atoms with Gasteiger partial charge in [0.2, 0.25) is 0 Å². The van der Waals surface area contributed by atoms with Crippen molar-refractivity contribution in [3.63, 3.8) is 0 Å². The summed E-state index contributed by atoms with van der Waals surface area (Å²) in [5.41, 5.74) is 0.389. The normalized spacial score (nSPS) is 12.8. The largest absolute Gasteiger partial charge is 0.306 e. The lowest BCUT2D eigenvalue weighted by atomic mass is 10.2. The average molecular weight is 206 g/mol. The van der Waals surface area contributed by atoms with Gasteiger partial charge in [-0.2, -0.15) is 0 Å². The smallest absolute Gasteiger partial charge is 0.153 e. The molecule has 0 aliphatic rings. The second-order valence-electron chi connectivity index (χ2n) is 2.55. The molecule has 0 amide bonds. The third-order valence-electron chi connectivity index (χ3n) is 1.49. The van der Waals surface area contributed by atoms with Crippen molar-refractivity contribution in [2.45, 2.75) is 6.42 Å². The Labute approximate surface area is 76.9 Å². The minimum Gasteiger partial charge on any atom is -0.306 e. The zero-order valence-corrected chi connectivity index (χ0v) is 7.48. The van der Waals surface area contributed by atoms with E-state index in [1.807, 2.05) is 0 Å². The molecule has 1 atom stereocenters. The molecule has 1 aromatic carbocycles. The Morgan fingerprint density at radius 1 is 1.23 bits per heavy atom. The SMILES string of the molecule is O=S(O)CCc1cc(F)cc(F)c1. The van der Waals surface area contributed by atoms with Gasteiger partial charge in [0.15, 0.2) is 11.1 Å². The highest BCUT2D eigenvalue weighted by Crippen LogP contribution is 2.08. The van der Waals surface area contributed by atoms with Crippen LogP contribution in [0.15, 0.2) is 18.2 Å². The van der Waals surface area contributed by atoms with Crippen LogP contribution in [0.3, 0.4) is 0 Å². The molecule has 0 radical (unpaired) electrons. The highest BCUT2D eigenvalue weighted by Gasteiger charge is 2.01. The highest BCUT2D eigenvalue weighted by atomic mass is 32.2. The molecule has 0 spiro atoms.